The maximum absolute atomic E-state index is 12.1. The number of nitrogens with zero attached hydrogens (tertiary/aromatic N) is 1. The molecule has 1 aliphatic carbocycles. The Morgan fingerprint density at radius 2 is 1.96 bits per heavy atom. The first-order chi connectivity index (χ1) is 11.5. The summed E-state index contributed by atoms with van der Waals surface area (Å²) in [6.07, 6.45) is 2.06. The number of benzene rings is 1. The summed E-state index contributed by atoms with van der Waals surface area (Å²) in [6.45, 7) is 4.30. The number of carbonyl (C=O) groups excluding carboxylic acids is 2. The van der Waals surface area contributed by atoms with Gasteiger partial charge in [0.05, 0.1) is 6.54 Å². The van der Waals surface area contributed by atoms with Gasteiger partial charge in [0.2, 0.25) is 5.91 Å². The smallest absolute Gasteiger partial charge is 0.271 e. The first-order valence-electron chi connectivity index (χ1n) is 8.16. The molecule has 0 aliphatic heterocycles. The van der Waals surface area contributed by atoms with Gasteiger partial charge in [-0.15, -0.1) is 11.3 Å². The number of amides is 2. The van der Waals surface area contributed by atoms with E-state index in [0.717, 1.165) is 23.4 Å². The molecule has 3 rings (SSSR count). The molecule has 0 bridgehead atoms. The topological polar surface area (TPSA) is 71.1 Å². The van der Waals surface area contributed by atoms with E-state index in [4.69, 9.17) is 0 Å². The number of aromatic nitrogens is 1. The van der Waals surface area contributed by atoms with Crippen molar-refractivity contribution in [3.8, 4) is 10.6 Å². The molecule has 2 N–H and O–H groups in total. The van der Waals surface area contributed by atoms with Crippen LogP contribution < -0.4 is 10.6 Å². The Morgan fingerprint density at radius 3 is 2.58 bits per heavy atom. The number of hydrogen-bond donors (Lipinski definition) is 2. The SMILES string of the molecule is CC(C)c1ccc(-c2nc(C(=O)NCC(=O)NC3CC3)cs2)cc1. The third-order valence-corrected chi connectivity index (χ3v) is 4.80. The molecule has 1 aromatic heterocycles. The van der Waals surface area contributed by atoms with Gasteiger partial charge in [-0.3, -0.25) is 9.59 Å². The van der Waals surface area contributed by atoms with Gasteiger partial charge in [0.25, 0.3) is 5.91 Å². The van der Waals surface area contributed by atoms with Crippen LogP contribution in [0.1, 0.15) is 48.7 Å². The molecule has 6 heteroatoms. The molecular formula is C18H21N3O2S. The van der Waals surface area contributed by atoms with Crippen LogP contribution in [0.4, 0.5) is 0 Å². The molecule has 1 aliphatic rings. The fraction of sp³-hybridized carbons (Fsp3) is 0.389. The van der Waals surface area contributed by atoms with Crippen molar-refractivity contribution in [1.82, 2.24) is 15.6 Å². The molecule has 0 spiro atoms. The normalized spacial score (nSPS) is 13.8. The van der Waals surface area contributed by atoms with E-state index in [1.807, 2.05) is 12.1 Å². The van der Waals surface area contributed by atoms with Crippen molar-refractivity contribution >= 4 is 23.2 Å². The van der Waals surface area contributed by atoms with Crippen LogP contribution in [0, 0.1) is 0 Å². The fourth-order valence-electron chi connectivity index (χ4n) is 2.28. The van der Waals surface area contributed by atoms with Crippen LogP contribution in [0.2, 0.25) is 0 Å². The van der Waals surface area contributed by atoms with Crippen molar-refractivity contribution in [2.24, 2.45) is 0 Å². The van der Waals surface area contributed by atoms with E-state index in [9.17, 15) is 9.59 Å². The Morgan fingerprint density at radius 1 is 1.25 bits per heavy atom. The molecule has 0 radical (unpaired) electrons. The standard InChI is InChI=1S/C18H21N3O2S/c1-11(2)12-3-5-13(6-4-12)18-21-15(10-24-18)17(23)19-9-16(22)20-14-7-8-14/h3-6,10-11,14H,7-9H2,1-2H3,(H,19,23)(H,20,22). The molecular weight excluding hydrogens is 322 g/mol. The second-order valence-electron chi connectivity index (χ2n) is 6.34. The lowest BCUT2D eigenvalue weighted by molar-refractivity contribution is -0.120. The highest BCUT2D eigenvalue weighted by molar-refractivity contribution is 7.13. The number of hydrogen-bond acceptors (Lipinski definition) is 4. The first-order valence-corrected chi connectivity index (χ1v) is 9.04. The Labute approximate surface area is 145 Å². The summed E-state index contributed by atoms with van der Waals surface area (Å²) in [7, 11) is 0. The van der Waals surface area contributed by atoms with E-state index < -0.39 is 0 Å². The van der Waals surface area contributed by atoms with Crippen LogP contribution in [-0.2, 0) is 4.79 Å². The number of rotatable bonds is 6. The zero-order valence-corrected chi connectivity index (χ0v) is 14.7. The van der Waals surface area contributed by atoms with Gasteiger partial charge in [0, 0.05) is 17.0 Å². The van der Waals surface area contributed by atoms with E-state index in [-0.39, 0.29) is 18.4 Å². The largest absolute Gasteiger partial charge is 0.352 e. The van der Waals surface area contributed by atoms with Crippen LogP contribution in [-0.4, -0.2) is 29.4 Å². The minimum atomic E-state index is -0.317. The molecule has 5 nitrogen and oxygen atoms in total. The minimum absolute atomic E-state index is 0.00865. The zero-order chi connectivity index (χ0) is 17.1. The Hall–Kier alpha value is -2.21. The van der Waals surface area contributed by atoms with Crippen LogP contribution in [0.3, 0.4) is 0 Å². The van der Waals surface area contributed by atoms with E-state index in [0.29, 0.717) is 17.7 Å². The van der Waals surface area contributed by atoms with E-state index in [1.54, 1.807) is 5.38 Å². The second-order valence-corrected chi connectivity index (χ2v) is 7.20. The summed E-state index contributed by atoms with van der Waals surface area (Å²) >= 11 is 1.43. The first kappa shape index (κ1) is 16.6. The van der Waals surface area contributed by atoms with Gasteiger partial charge in [-0.2, -0.15) is 0 Å². The van der Waals surface area contributed by atoms with Gasteiger partial charge in [-0.25, -0.2) is 4.98 Å². The van der Waals surface area contributed by atoms with Crippen molar-refractivity contribution in [2.45, 2.75) is 38.6 Å². The lowest BCUT2D eigenvalue weighted by Gasteiger charge is -2.05. The van der Waals surface area contributed by atoms with Crippen molar-refractivity contribution in [3.63, 3.8) is 0 Å². The summed E-state index contributed by atoms with van der Waals surface area (Å²) in [4.78, 5) is 28.1. The van der Waals surface area contributed by atoms with Crippen molar-refractivity contribution in [1.29, 1.82) is 0 Å². The summed E-state index contributed by atoms with van der Waals surface area (Å²) in [5.41, 5.74) is 2.62. The zero-order valence-electron chi connectivity index (χ0n) is 13.8. The molecule has 0 saturated heterocycles. The lowest BCUT2D eigenvalue weighted by atomic mass is 10.0. The second kappa shape index (κ2) is 7.13. The summed E-state index contributed by atoms with van der Waals surface area (Å²) in [5, 5.41) is 7.97. The van der Waals surface area contributed by atoms with Crippen molar-refractivity contribution < 1.29 is 9.59 Å². The van der Waals surface area contributed by atoms with Gasteiger partial charge in [0.1, 0.15) is 10.7 Å². The van der Waals surface area contributed by atoms with Gasteiger partial charge in [-0.1, -0.05) is 38.1 Å². The predicted molar refractivity (Wildman–Crippen MR) is 95.1 cm³/mol. The Balaban J connectivity index is 1.59. The summed E-state index contributed by atoms with van der Waals surface area (Å²) < 4.78 is 0. The molecule has 1 heterocycles. The van der Waals surface area contributed by atoms with Gasteiger partial charge in [-0.05, 0) is 24.3 Å². The lowest BCUT2D eigenvalue weighted by Crippen LogP contribution is -2.37. The van der Waals surface area contributed by atoms with E-state index >= 15 is 0 Å². The molecule has 0 atom stereocenters. The van der Waals surface area contributed by atoms with E-state index in [1.165, 1.54) is 16.9 Å². The minimum Gasteiger partial charge on any atom is -0.352 e. The van der Waals surface area contributed by atoms with Crippen molar-refractivity contribution in [2.75, 3.05) is 6.54 Å². The molecule has 2 aromatic rings. The predicted octanol–water partition coefficient (Wildman–Crippen LogP) is 2.94. The monoisotopic (exact) mass is 343 g/mol. The molecule has 1 aromatic carbocycles. The maximum atomic E-state index is 12.1. The summed E-state index contributed by atoms with van der Waals surface area (Å²) in [6, 6.07) is 8.53. The number of carbonyl (C=O) groups is 2. The van der Waals surface area contributed by atoms with Crippen molar-refractivity contribution in [3.05, 3.63) is 40.9 Å². The van der Waals surface area contributed by atoms with Crippen LogP contribution in [0.5, 0.6) is 0 Å². The third kappa shape index (κ3) is 4.20. The highest BCUT2D eigenvalue weighted by Crippen LogP contribution is 2.25. The maximum Gasteiger partial charge on any atom is 0.271 e. The van der Waals surface area contributed by atoms with Crippen LogP contribution in [0.25, 0.3) is 10.6 Å². The Bertz CT molecular complexity index is 733. The van der Waals surface area contributed by atoms with Crippen LogP contribution in [0.15, 0.2) is 29.6 Å². The van der Waals surface area contributed by atoms with Gasteiger partial charge < -0.3 is 10.6 Å². The fourth-order valence-corrected chi connectivity index (χ4v) is 3.08. The number of nitrogens with one attached hydrogen (secondary N) is 2. The molecule has 1 saturated carbocycles. The molecule has 126 valence electrons. The van der Waals surface area contributed by atoms with Gasteiger partial charge in [0.15, 0.2) is 0 Å². The van der Waals surface area contributed by atoms with Gasteiger partial charge >= 0.3 is 0 Å². The molecule has 2 amide bonds. The average Bonchev–Trinajstić information content (AvgIpc) is 3.24. The number of thiazole rings is 1. The quantitative estimate of drug-likeness (QED) is 0.847. The van der Waals surface area contributed by atoms with Crippen LogP contribution >= 0.6 is 11.3 Å². The highest BCUT2D eigenvalue weighted by Gasteiger charge is 2.23. The average molecular weight is 343 g/mol. The highest BCUT2D eigenvalue weighted by atomic mass is 32.1. The Kier molecular flexibility index (Phi) is 4.94. The summed E-state index contributed by atoms with van der Waals surface area (Å²) in [5.74, 6) is 0.0197. The molecule has 0 unspecified atom stereocenters. The van der Waals surface area contributed by atoms with E-state index in [2.05, 4.69) is 41.6 Å². The third-order valence-electron chi connectivity index (χ3n) is 3.91. The molecule has 1 fully saturated rings. The molecule has 24 heavy (non-hydrogen) atoms.